The summed E-state index contributed by atoms with van der Waals surface area (Å²) in [5.74, 6) is 1.62. The number of β-amino-alcohol motifs (C(OH)–C–C–N with tert-alkyl or cyclic N) is 1. The van der Waals surface area contributed by atoms with E-state index in [-0.39, 0.29) is 5.60 Å². The highest BCUT2D eigenvalue weighted by Crippen LogP contribution is 2.45. The Balaban J connectivity index is 1.39. The minimum atomic E-state index is -0.529. The standard InChI is InChI=1S/C24H31NO4/c1-16-12-20-21(26)14-24(29-23(20)13-17(16)2)8-10-25(11-9-24)15-22(27)18-4-6-19(28-3)7-5-18/h4-7,12-13,21-22,26-27H,8-11,14-15H2,1-3H3/t21-,22-/m1/s1. The van der Waals surface area contributed by atoms with Gasteiger partial charge in [-0.2, -0.15) is 0 Å². The maximum Gasteiger partial charge on any atom is 0.126 e. The predicted molar refractivity (Wildman–Crippen MR) is 112 cm³/mol. The number of hydrogen-bond donors (Lipinski definition) is 2. The Morgan fingerprint density at radius 1 is 1.14 bits per heavy atom. The molecule has 156 valence electrons. The molecule has 2 aromatic rings. The monoisotopic (exact) mass is 397 g/mol. The number of aliphatic hydroxyl groups excluding tert-OH is 2. The molecule has 0 saturated carbocycles. The lowest BCUT2D eigenvalue weighted by molar-refractivity contribution is -0.0588. The van der Waals surface area contributed by atoms with Gasteiger partial charge in [0.25, 0.3) is 0 Å². The molecule has 2 aliphatic heterocycles. The number of likely N-dealkylation sites (tertiary alicyclic amines) is 1. The van der Waals surface area contributed by atoms with Crippen molar-refractivity contribution in [3.05, 3.63) is 58.7 Å². The van der Waals surface area contributed by atoms with Gasteiger partial charge in [0.2, 0.25) is 0 Å². The van der Waals surface area contributed by atoms with Crippen LogP contribution in [-0.4, -0.2) is 47.5 Å². The SMILES string of the molecule is COc1ccc([C@H](O)CN2CCC3(CC2)C[C@@H](O)c2cc(C)c(C)cc2O3)cc1. The average molecular weight is 398 g/mol. The van der Waals surface area contributed by atoms with E-state index in [0.29, 0.717) is 13.0 Å². The van der Waals surface area contributed by atoms with Gasteiger partial charge in [-0.15, -0.1) is 0 Å². The van der Waals surface area contributed by atoms with Crippen LogP contribution in [0.2, 0.25) is 0 Å². The van der Waals surface area contributed by atoms with Crippen LogP contribution in [0.1, 0.15) is 53.7 Å². The third kappa shape index (κ3) is 4.13. The maximum absolute atomic E-state index is 10.8. The minimum Gasteiger partial charge on any atom is -0.497 e. The molecule has 0 unspecified atom stereocenters. The zero-order chi connectivity index (χ0) is 20.6. The van der Waals surface area contributed by atoms with E-state index < -0.39 is 12.2 Å². The Kier molecular flexibility index (Phi) is 5.56. The quantitative estimate of drug-likeness (QED) is 0.824. The summed E-state index contributed by atoms with van der Waals surface area (Å²) in [5.41, 5.74) is 3.87. The van der Waals surface area contributed by atoms with Crippen molar-refractivity contribution in [1.82, 2.24) is 4.90 Å². The molecule has 1 saturated heterocycles. The van der Waals surface area contributed by atoms with Crippen molar-refractivity contribution >= 4 is 0 Å². The van der Waals surface area contributed by atoms with E-state index in [1.54, 1.807) is 7.11 Å². The van der Waals surface area contributed by atoms with Gasteiger partial charge in [0.05, 0.1) is 19.3 Å². The zero-order valence-corrected chi connectivity index (χ0v) is 17.5. The number of nitrogens with zero attached hydrogens (tertiary/aromatic N) is 1. The molecule has 1 fully saturated rings. The van der Waals surface area contributed by atoms with E-state index in [1.807, 2.05) is 24.3 Å². The van der Waals surface area contributed by atoms with Gasteiger partial charge >= 0.3 is 0 Å². The Bertz CT molecular complexity index is 856. The molecular formula is C24H31NO4. The first-order chi connectivity index (χ1) is 13.9. The minimum absolute atomic E-state index is 0.310. The molecule has 4 rings (SSSR count). The first-order valence-corrected chi connectivity index (χ1v) is 10.4. The van der Waals surface area contributed by atoms with Crippen LogP contribution in [0.15, 0.2) is 36.4 Å². The van der Waals surface area contributed by atoms with Crippen molar-refractivity contribution in [1.29, 1.82) is 0 Å². The summed E-state index contributed by atoms with van der Waals surface area (Å²) < 4.78 is 11.7. The smallest absolute Gasteiger partial charge is 0.126 e. The number of methoxy groups -OCH3 is 1. The summed E-state index contributed by atoms with van der Waals surface area (Å²) in [7, 11) is 1.64. The van der Waals surface area contributed by atoms with Crippen molar-refractivity contribution in [3.8, 4) is 11.5 Å². The Labute approximate surface area is 172 Å². The summed E-state index contributed by atoms with van der Waals surface area (Å²) in [6.07, 6.45) is 1.34. The largest absolute Gasteiger partial charge is 0.497 e. The van der Waals surface area contributed by atoms with Gasteiger partial charge in [0.15, 0.2) is 0 Å². The normalized spacial score (nSPS) is 22.0. The predicted octanol–water partition coefficient (Wildman–Crippen LogP) is 3.70. The van der Waals surface area contributed by atoms with Crippen LogP contribution in [0.3, 0.4) is 0 Å². The van der Waals surface area contributed by atoms with Crippen molar-refractivity contribution in [2.24, 2.45) is 0 Å². The maximum atomic E-state index is 10.8. The van der Waals surface area contributed by atoms with E-state index in [1.165, 1.54) is 11.1 Å². The van der Waals surface area contributed by atoms with E-state index in [2.05, 4.69) is 30.9 Å². The first-order valence-electron chi connectivity index (χ1n) is 10.4. The van der Waals surface area contributed by atoms with Crippen molar-refractivity contribution in [2.45, 2.75) is 50.9 Å². The number of ether oxygens (including phenoxy) is 2. The lowest BCUT2D eigenvalue weighted by atomic mass is 9.81. The highest BCUT2D eigenvalue weighted by Gasteiger charge is 2.43. The topological polar surface area (TPSA) is 62.2 Å². The summed E-state index contributed by atoms with van der Waals surface area (Å²) in [6, 6.07) is 11.7. The molecule has 2 aliphatic rings. The second-order valence-corrected chi connectivity index (χ2v) is 8.57. The van der Waals surface area contributed by atoms with E-state index in [9.17, 15) is 10.2 Å². The van der Waals surface area contributed by atoms with E-state index in [0.717, 1.165) is 48.6 Å². The molecule has 2 aromatic carbocycles. The van der Waals surface area contributed by atoms with Crippen molar-refractivity contribution in [2.75, 3.05) is 26.7 Å². The van der Waals surface area contributed by atoms with Gasteiger partial charge in [-0.1, -0.05) is 12.1 Å². The lowest BCUT2D eigenvalue weighted by Gasteiger charge is -2.46. The summed E-state index contributed by atoms with van der Waals surface area (Å²) in [5, 5.41) is 21.4. The Hall–Kier alpha value is -2.08. The van der Waals surface area contributed by atoms with Gasteiger partial charge in [0, 0.05) is 31.6 Å². The third-order valence-corrected chi connectivity index (χ3v) is 6.58. The molecule has 0 amide bonds. The number of aliphatic hydroxyl groups is 2. The zero-order valence-electron chi connectivity index (χ0n) is 17.5. The fraction of sp³-hybridized carbons (Fsp3) is 0.500. The van der Waals surface area contributed by atoms with Crippen LogP contribution in [0, 0.1) is 13.8 Å². The van der Waals surface area contributed by atoms with Crippen LogP contribution >= 0.6 is 0 Å². The van der Waals surface area contributed by atoms with Crippen LogP contribution < -0.4 is 9.47 Å². The molecular weight excluding hydrogens is 366 g/mol. The number of benzene rings is 2. The molecule has 0 aliphatic carbocycles. The molecule has 0 aromatic heterocycles. The summed E-state index contributed by atoms with van der Waals surface area (Å²) >= 11 is 0. The molecule has 5 nitrogen and oxygen atoms in total. The fourth-order valence-electron chi connectivity index (χ4n) is 4.52. The molecule has 2 N–H and O–H groups in total. The second-order valence-electron chi connectivity index (χ2n) is 8.57. The molecule has 2 atom stereocenters. The van der Waals surface area contributed by atoms with E-state index >= 15 is 0 Å². The van der Waals surface area contributed by atoms with E-state index in [4.69, 9.17) is 9.47 Å². The summed E-state index contributed by atoms with van der Waals surface area (Å²) in [4.78, 5) is 2.28. The van der Waals surface area contributed by atoms with Crippen molar-refractivity contribution in [3.63, 3.8) is 0 Å². The second kappa shape index (κ2) is 7.98. The Morgan fingerprint density at radius 3 is 2.45 bits per heavy atom. The molecule has 0 bridgehead atoms. The molecule has 5 heteroatoms. The third-order valence-electron chi connectivity index (χ3n) is 6.58. The Morgan fingerprint density at radius 2 is 1.79 bits per heavy atom. The van der Waals surface area contributed by atoms with Crippen molar-refractivity contribution < 1.29 is 19.7 Å². The molecule has 2 heterocycles. The number of fused-ring (bicyclic) bond motifs is 1. The average Bonchev–Trinajstić information content (AvgIpc) is 2.71. The van der Waals surface area contributed by atoms with Gasteiger partial charge in [-0.3, -0.25) is 0 Å². The van der Waals surface area contributed by atoms with Gasteiger partial charge in [0.1, 0.15) is 17.1 Å². The van der Waals surface area contributed by atoms with Gasteiger partial charge in [-0.05, 0) is 67.6 Å². The van der Waals surface area contributed by atoms with Crippen LogP contribution in [0.4, 0.5) is 0 Å². The number of aryl methyl sites for hydroxylation is 2. The van der Waals surface area contributed by atoms with Gasteiger partial charge in [-0.25, -0.2) is 0 Å². The number of rotatable bonds is 4. The summed E-state index contributed by atoms with van der Waals surface area (Å²) in [6.45, 7) is 6.44. The van der Waals surface area contributed by atoms with Gasteiger partial charge < -0.3 is 24.6 Å². The number of hydrogen-bond acceptors (Lipinski definition) is 5. The van der Waals surface area contributed by atoms with Crippen LogP contribution in [0.25, 0.3) is 0 Å². The highest BCUT2D eigenvalue weighted by atomic mass is 16.5. The molecule has 29 heavy (non-hydrogen) atoms. The highest BCUT2D eigenvalue weighted by molar-refractivity contribution is 5.45. The first kappa shape index (κ1) is 20.2. The number of piperidine rings is 1. The van der Waals surface area contributed by atoms with Crippen LogP contribution in [-0.2, 0) is 0 Å². The molecule has 1 spiro atoms. The lowest BCUT2D eigenvalue weighted by Crippen LogP contribution is -2.51. The fourth-order valence-corrected chi connectivity index (χ4v) is 4.52. The van der Waals surface area contributed by atoms with Crippen LogP contribution in [0.5, 0.6) is 11.5 Å². The molecule has 0 radical (unpaired) electrons.